The maximum atomic E-state index is 11.9. The molecule has 0 radical (unpaired) electrons. The van der Waals surface area contributed by atoms with Crippen molar-refractivity contribution in [3.8, 4) is 5.69 Å². The Morgan fingerprint density at radius 3 is 2.71 bits per heavy atom. The molecule has 0 atom stereocenters. The predicted molar refractivity (Wildman–Crippen MR) is 81.7 cm³/mol. The molecule has 0 amide bonds. The van der Waals surface area contributed by atoms with Crippen molar-refractivity contribution in [3.05, 3.63) is 48.8 Å². The number of nitrogen functional groups attached to an aromatic ring is 1. The molecule has 0 unspecified atom stereocenters. The van der Waals surface area contributed by atoms with Crippen molar-refractivity contribution in [1.82, 2.24) is 14.3 Å². The van der Waals surface area contributed by atoms with E-state index in [-0.39, 0.29) is 4.90 Å². The fourth-order valence-electron chi connectivity index (χ4n) is 2.17. The van der Waals surface area contributed by atoms with Crippen LogP contribution >= 0.6 is 0 Å². The van der Waals surface area contributed by atoms with Gasteiger partial charge in [-0.05, 0) is 37.4 Å². The van der Waals surface area contributed by atoms with Gasteiger partial charge in [-0.3, -0.25) is 4.57 Å². The minimum atomic E-state index is -3.52. The van der Waals surface area contributed by atoms with Gasteiger partial charge >= 0.3 is 0 Å². The lowest BCUT2D eigenvalue weighted by molar-refractivity contribution is 0.588. The Kier molecular flexibility index (Phi) is 3.15. The summed E-state index contributed by atoms with van der Waals surface area (Å²) in [4.78, 5) is 4.45. The number of anilines is 1. The number of nitrogens with two attached hydrogens (primary N) is 1. The second kappa shape index (κ2) is 4.87. The van der Waals surface area contributed by atoms with E-state index in [9.17, 15) is 8.42 Å². The first kappa shape index (κ1) is 13.6. The molecule has 2 aromatic carbocycles. The molecule has 0 aliphatic heterocycles. The Labute approximate surface area is 122 Å². The third kappa shape index (κ3) is 2.26. The standard InChI is InChI=1S/C14H14N4O2S/c1-16-21(19,20)10-6-7-11(15)14(8-10)18-9-17-12-4-2-3-5-13(12)18/h2-9,16H,15H2,1H3. The summed E-state index contributed by atoms with van der Waals surface area (Å²) in [6, 6.07) is 12.2. The Bertz CT molecular complexity index is 916. The summed E-state index contributed by atoms with van der Waals surface area (Å²) in [7, 11) is -2.15. The quantitative estimate of drug-likeness (QED) is 0.718. The molecule has 0 aliphatic carbocycles. The van der Waals surface area contributed by atoms with E-state index in [1.165, 1.54) is 19.2 Å². The average molecular weight is 302 g/mol. The molecule has 7 heteroatoms. The Hall–Kier alpha value is -2.38. The number of fused-ring (bicyclic) bond motifs is 1. The van der Waals surface area contributed by atoms with Crippen molar-refractivity contribution in [2.75, 3.05) is 12.8 Å². The number of hydrogen-bond donors (Lipinski definition) is 2. The Morgan fingerprint density at radius 1 is 1.19 bits per heavy atom. The average Bonchev–Trinajstić information content (AvgIpc) is 2.91. The molecular weight excluding hydrogens is 288 g/mol. The van der Waals surface area contributed by atoms with Gasteiger partial charge in [-0.15, -0.1) is 0 Å². The van der Waals surface area contributed by atoms with Crippen LogP contribution in [0.5, 0.6) is 0 Å². The third-order valence-corrected chi connectivity index (χ3v) is 4.71. The largest absolute Gasteiger partial charge is 0.397 e. The van der Waals surface area contributed by atoms with Crippen molar-refractivity contribution in [2.24, 2.45) is 0 Å². The first-order valence-corrected chi connectivity index (χ1v) is 7.77. The van der Waals surface area contributed by atoms with Crippen LogP contribution in [0.1, 0.15) is 0 Å². The van der Waals surface area contributed by atoms with Crippen LogP contribution < -0.4 is 10.5 Å². The summed E-state index contributed by atoms with van der Waals surface area (Å²) in [5.74, 6) is 0. The zero-order valence-electron chi connectivity index (χ0n) is 11.3. The summed E-state index contributed by atoms with van der Waals surface area (Å²) in [5.41, 5.74) is 8.74. The number of aromatic nitrogens is 2. The molecule has 0 saturated heterocycles. The molecule has 108 valence electrons. The van der Waals surface area contributed by atoms with Crippen LogP contribution in [0.25, 0.3) is 16.7 Å². The zero-order valence-corrected chi connectivity index (χ0v) is 12.1. The van der Waals surface area contributed by atoms with Crippen LogP contribution in [0, 0.1) is 0 Å². The van der Waals surface area contributed by atoms with E-state index in [0.29, 0.717) is 11.4 Å². The minimum absolute atomic E-state index is 0.159. The molecule has 0 aliphatic rings. The predicted octanol–water partition coefficient (Wildman–Crippen LogP) is 1.52. The first-order valence-electron chi connectivity index (χ1n) is 6.28. The second-order valence-corrected chi connectivity index (χ2v) is 6.42. The maximum absolute atomic E-state index is 11.9. The summed E-state index contributed by atoms with van der Waals surface area (Å²) in [6.45, 7) is 0. The molecule has 3 N–H and O–H groups in total. The molecule has 6 nitrogen and oxygen atoms in total. The number of nitrogens with zero attached hydrogens (tertiary/aromatic N) is 2. The zero-order chi connectivity index (χ0) is 15.0. The van der Waals surface area contributed by atoms with E-state index < -0.39 is 10.0 Å². The highest BCUT2D eigenvalue weighted by molar-refractivity contribution is 7.89. The van der Waals surface area contributed by atoms with Gasteiger partial charge < -0.3 is 5.73 Å². The summed E-state index contributed by atoms with van der Waals surface area (Å²) in [6.07, 6.45) is 1.63. The molecule has 21 heavy (non-hydrogen) atoms. The molecule has 0 saturated carbocycles. The van der Waals surface area contributed by atoms with Crippen molar-refractivity contribution < 1.29 is 8.42 Å². The van der Waals surface area contributed by atoms with Crippen LogP contribution in [-0.2, 0) is 10.0 Å². The van der Waals surface area contributed by atoms with Gasteiger partial charge in [-0.1, -0.05) is 12.1 Å². The summed E-state index contributed by atoms with van der Waals surface area (Å²) >= 11 is 0. The molecule has 3 aromatic rings. The van der Waals surface area contributed by atoms with E-state index in [0.717, 1.165) is 11.0 Å². The van der Waals surface area contributed by atoms with Crippen LogP contribution in [0.4, 0.5) is 5.69 Å². The molecule has 0 spiro atoms. The van der Waals surface area contributed by atoms with Crippen LogP contribution in [0.15, 0.2) is 53.7 Å². The molecular formula is C14H14N4O2S. The van der Waals surface area contributed by atoms with Gasteiger partial charge in [0.25, 0.3) is 0 Å². The van der Waals surface area contributed by atoms with Gasteiger partial charge in [-0.25, -0.2) is 18.1 Å². The van der Waals surface area contributed by atoms with E-state index in [4.69, 9.17) is 5.73 Å². The monoisotopic (exact) mass is 302 g/mol. The van der Waals surface area contributed by atoms with Crippen LogP contribution in [-0.4, -0.2) is 25.0 Å². The first-order chi connectivity index (χ1) is 10.0. The Balaban J connectivity index is 2.25. The third-order valence-electron chi connectivity index (χ3n) is 3.29. The lowest BCUT2D eigenvalue weighted by Gasteiger charge is -2.10. The van der Waals surface area contributed by atoms with Crippen molar-refractivity contribution in [2.45, 2.75) is 4.90 Å². The van der Waals surface area contributed by atoms with E-state index in [1.807, 2.05) is 24.3 Å². The van der Waals surface area contributed by atoms with E-state index >= 15 is 0 Å². The van der Waals surface area contributed by atoms with Gasteiger partial charge in [-0.2, -0.15) is 0 Å². The van der Waals surface area contributed by atoms with E-state index in [1.54, 1.807) is 17.0 Å². The molecule has 1 aromatic heterocycles. The maximum Gasteiger partial charge on any atom is 0.240 e. The number of para-hydroxylation sites is 2. The minimum Gasteiger partial charge on any atom is -0.397 e. The number of nitrogens with one attached hydrogen (secondary N) is 1. The highest BCUT2D eigenvalue weighted by Crippen LogP contribution is 2.25. The normalized spacial score (nSPS) is 11.9. The fraction of sp³-hybridized carbons (Fsp3) is 0.0714. The number of imidazole rings is 1. The van der Waals surface area contributed by atoms with Gasteiger partial charge in [0.2, 0.25) is 10.0 Å². The number of hydrogen-bond acceptors (Lipinski definition) is 4. The summed E-state index contributed by atoms with van der Waals surface area (Å²) < 4.78 is 27.9. The van der Waals surface area contributed by atoms with Crippen LogP contribution in [0.3, 0.4) is 0 Å². The molecule has 0 bridgehead atoms. The Morgan fingerprint density at radius 2 is 1.95 bits per heavy atom. The SMILES string of the molecule is CNS(=O)(=O)c1ccc(N)c(-n2cnc3ccccc32)c1. The van der Waals surface area contributed by atoms with Crippen molar-refractivity contribution >= 4 is 26.7 Å². The fourth-order valence-corrected chi connectivity index (χ4v) is 2.92. The second-order valence-electron chi connectivity index (χ2n) is 4.53. The highest BCUT2D eigenvalue weighted by atomic mass is 32.2. The summed E-state index contributed by atoms with van der Waals surface area (Å²) in [5, 5.41) is 0. The number of sulfonamides is 1. The number of benzene rings is 2. The van der Waals surface area contributed by atoms with Gasteiger partial charge in [0.05, 0.1) is 27.3 Å². The lowest BCUT2D eigenvalue weighted by Crippen LogP contribution is -2.19. The lowest BCUT2D eigenvalue weighted by atomic mass is 10.2. The molecule has 0 fully saturated rings. The van der Waals surface area contributed by atoms with Crippen molar-refractivity contribution in [3.63, 3.8) is 0 Å². The van der Waals surface area contributed by atoms with Crippen LogP contribution in [0.2, 0.25) is 0 Å². The smallest absolute Gasteiger partial charge is 0.240 e. The van der Waals surface area contributed by atoms with Gasteiger partial charge in [0, 0.05) is 0 Å². The van der Waals surface area contributed by atoms with Gasteiger partial charge in [0.1, 0.15) is 6.33 Å². The topological polar surface area (TPSA) is 90.0 Å². The van der Waals surface area contributed by atoms with Gasteiger partial charge in [0.15, 0.2) is 0 Å². The van der Waals surface area contributed by atoms with E-state index in [2.05, 4.69) is 9.71 Å². The highest BCUT2D eigenvalue weighted by Gasteiger charge is 2.15. The molecule has 1 heterocycles. The van der Waals surface area contributed by atoms with Crippen molar-refractivity contribution in [1.29, 1.82) is 0 Å². The molecule has 3 rings (SSSR count). The number of rotatable bonds is 3.